The number of hydrogen-bond acceptors (Lipinski definition) is 4. The molecule has 0 spiro atoms. The molecule has 0 heterocycles. The number of nitrogens with one attached hydrogen (secondary N) is 1. The van der Waals surface area contributed by atoms with Gasteiger partial charge in [0.2, 0.25) is 10.0 Å². The van der Waals surface area contributed by atoms with E-state index in [4.69, 9.17) is 18.0 Å². The molecule has 0 fully saturated rings. The molecule has 0 radical (unpaired) electrons. The molecule has 0 aromatic rings. The van der Waals surface area contributed by atoms with Crippen LogP contribution in [0.2, 0.25) is 0 Å². The minimum atomic E-state index is -3.48. The molecule has 5 nitrogen and oxygen atoms in total. The van der Waals surface area contributed by atoms with Crippen molar-refractivity contribution in [3.05, 3.63) is 0 Å². The Kier molecular flexibility index (Phi) is 6.00. The van der Waals surface area contributed by atoms with Gasteiger partial charge in [0.05, 0.1) is 4.99 Å². The van der Waals surface area contributed by atoms with Crippen LogP contribution in [0.25, 0.3) is 0 Å². The van der Waals surface area contributed by atoms with E-state index in [-0.39, 0.29) is 10.5 Å². The first-order chi connectivity index (χ1) is 7.54. The van der Waals surface area contributed by atoms with Crippen LogP contribution in [0.15, 0.2) is 0 Å². The molecule has 0 aromatic carbocycles. The molecule has 17 heavy (non-hydrogen) atoms. The lowest BCUT2D eigenvalue weighted by Crippen LogP contribution is -2.51. The van der Waals surface area contributed by atoms with Gasteiger partial charge in [-0.15, -0.1) is 0 Å². The van der Waals surface area contributed by atoms with Crippen molar-refractivity contribution in [2.75, 3.05) is 20.6 Å². The summed E-state index contributed by atoms with van der Waals surface area (Å²) in [6.07, 6.45) is 0.382. The van der Waals surface area contributed by atoms with Gasteiger partial charge in [-0.05, 0) is 34.4 Å². The second kappa shape index (κ2) is 6.08. The second-order valence-corrected chi connectivity index (χ2v) is 7.29. The zero-order valence-corrected chi connectivity index (χ0v) is 12.8. The van der Waals surface area contributed by atoms with Crippen molar-refractivity contribution in [3.63, 3.8) is 0 Å². The van der Waals surface area contributed by atoms with E-state index in [0.717, 1.165) is 0 Å². The average molecular weight is 281 g/mol. The van der Waals surface area contributed by atoms with E-state index in [1.54, 1.807) is 6.92 Å². The van der Waals surface area contributed by atoms with Gasteiger partial charge in [-0.2, -0.15) is 0 Å². The first-order valence-electron chi connectivity index (χ1n) is 5.50. The van der Waals surface area contributed by atoms with Gasteiger partial charge in [0, 0.05) is 12.1 Å². The molecular formula is C10H23N3O2S2. The maximum absolute atomic E-state index is 12.0. The van der Waals surface area contributed by atoms with Gasteiger partial charge in [0.15, 0.2) is 0 Å². The summed E-state index contributed by atoms with van der Waals surface area (Å²) >= 11 is 4.77. The summed E-state index contributed by atoms with van der Waals surface area (Å²) in [7, 11) is 0.323. The number of thiocarbonyl (C=S) groups is 1. The van der Waals surface area contributed by atoms with Crippen molar-refractivity contribution < 1.29 is 8.42 Å². The van der Waals surface area contributed by atoms with Crippen LogP contribution in [0.3, 0.4) is 0 Å². The molecule has 0 aliphatic rings. The Labute approximate surface area is 110 Å². The largest absolute Gasteiger partial charge is 0.392 e. The van der Waals surface area contributed by atoms with E-state index in [2.05, 4.69) is 4.72 Å². The maximum Gasteiger partial charge on any atom is 0.221 e. The highest BCUT2D eigenvalue weighted by molar-refractivity contribution is 7.93. The van der Waals surface area contributed by atoms with Gasteiger partial charge in [-0.1, -0.05) is 19.1 Å². The fourth-order valence-electron chi connectivity index (χ4n) is 1.11. The smallest absolute Gasteiger partial charge is 0.221 e. The number of nitrogens with two attached hydrogens (primary N) is 1. The molecule has 0 amide bonds. The van der Waals surface area contributed by atoms with Gasteiger partial charge in [0.25, 0.3) is 0 Å². The van der Waals surface area contributed by atoms with E-state index < -0.39 is 15.3 Å². The average Bonchev–Trinajstić information content (AvgIpc) is 2.14. The monoisotopic (exact) mass is 281 g/mol. The van der Waals surface area contributed by atoms with Gasteiger partial charge < -0.3 is 10.6 Å². The Morgan fingerprint density at radius 3 is 2.24 bits per heavy atom. The topological polar surface area (TPSA) is 75.4 Å². The Hall–Kier alpha value is -0.240. The number of likely N-dealkylation sites (N-methyl/N-ethyl adjacent to an activating group) is 1. The number of hydrogen-bond donors (Lipinski definition) is 2. The zero-order chi connectivity index (χ0) is 13.9. The predicted octanol–water partition coefficient (Wildman–Crippen LogP) is 0.311. The molecule has 102 valence electrons. The minimum absolute atomic E-state index is 0.0164. The van der Waals surface area contributed by atoms with Crippen molar-refractivity contribution in [3.8, 4) is 0 Å². The third-order valence-electron chi connectivity index (χ3n) is 2.98. The van der Waals surface area contributed by atoms with Crippen molar-refractivity contribution in [1.29, 1.82) is 0 Å². The SMILES string of the molecule is CCC(C(N)=S)S(=O)(=O)NCC(C)(C)N(C)C. The fraction of sp³-hybridized carbons (Fsp3) is 0.900. The van der Waals surface area contributed by atoms with Crippen LogP contribution < -0.4 is 10.5 Å². The number of nitrogens with zero attached hydrogens (tertiary/aromatic N) is 1. The van der Waals surface area contributed by atoms with Gasteiger partial charge in [0.1, 0.15) is 5.25 Å². The van der Waals surface area contributed by atoms with Crippen LogP contribution in [0.1, 0.15) is 27.2 Å². The van der Waals surface area contributed by atoms with Crippen molar-refractivity contribution >= 4 is 27.2 Å². The molecule has 0 rings (SSSR count). The summed E-state index contributed by atoms with van der Waals surface area (Å²) in [6, 6.07) is 0. The van der Waals surface area contributed by atoms with Crippen LogP contribution in [0.5, 0.6) is 0 Å². The van der Waals surface area contributed by atoms with E-state index in [9.17, 15) is 8.42 Å². The summed E-state index contributed by atoms with van der Waals surface area (Å²) < 4.78 is 26.5. The molecule has 0 aromatic heterocycles. The molecule has 1 unspecified atom stereocenters. The first-order valence-corrected chi connectivity index (χ1v) is 7.45. The molecule has 0 aliphatic carbocycles. The Morgan fingerprint density at radius 2 is 1.94 bits per heavy atom. The second-order valence-electron chi connectivity index (χ2n) is 4.87. The van der Waals surface area contributed by atoms with Gasteiger partial charge in [-0.3, -0.25) is 0 Å². The molecule has 0 saturated heterocycles. The molecule has 3 N–H and O–H groups in total. The minimum Gasteiger partial charge on any atom is -0.392 e. The molecular weight excluding hydrogens is 258 g/mol. The van der Waals surface area contributed by atoms with Crippen LogP contribution in [-0.4, -0.2) is 49.7 Å². The lowest BCUT2D eigenvalue weighted by Gasteiger charge is -2.33. The summed E-state index contributed by atoms with van der Waals surface area (Å²) in [5, 5.41) is -0.796. The lowest BCUT2D eigenvalue weighted by molar-refractivity contribution is 0.198. The lowest BCUT2D eigenvalue weighted by atomic mass is 10.1. The van der Waals surface area contributed by atoms with E-state index in [0.29, 0.717) is 13.0 Å². The highest BCUT2D eigenvalue weighted by Crippen LogP contribution is 2.11. The third kappa shape index (κ3) is 4.87. The molecule has 0 bridgehead atoms. The predicted molar refractivity (Wildman–Crippen MR) is 75.6 cm³/mol. The van der Waals surface area contributed by atoms with Crippen LogP contribution in [-0.2, 0) is 10.0 Å². The van der Waals surface area contributed by atoms with Gasteiger partial charge in [-0.25, -0.2) is 13.1 Å². The Balaban J connectivity index is 4.73. The van der Waals surface area contributed by atoms with Crippen molar-refractivity contribution in [2.24, 2.45) is 5.73 Å². The van der Waals surface area contributed by atoms with E-state index in [1.165, 1.54) is 0 Å². The summed E-state index contributed by atoms with van der Waals surface area (Å²) in [4.78, 5) is 1.97. The fourth-order valence-corrected chi connectivity index (χ4v) is 3.16. The van der Waals surface area contributed by atoms with Crippen LogP contribution in [0.4, 0.5) is 0 Å². The summed E-state index contributed by atoms with van der Waals surface area (Å²) in [6.45, 7) is 5.98. The molecule has 0 saturated carbocycles. The van der Waals surface area contributed by atoms with Crippen LogP contribution >= 0.6 is 12.2 Å². The zero-order valence-electron chi connectivity index (χ0n) is 11.1. The summed E-state index contributed by atoms with van der Waals surface area (Å²) in [5.41, 5.74) is 5.17. The number of rotatable bonds is 7. The third-order valence-corrected chi connectivity index (χ3v) is 5.30. The Morgan fingerprint density at radius 1 is 1.47 bits per heavy atom. The van der Waals surface area contributed by atoms with Crippen molar-refractivity contribution in [1.82, 2.24) is 9.62 Å². The van der Waals surface area contributed by atoms with E-state index in [1.807, 2.05) is 32.8 Å². The molecule has 1 atom stereocenters. The standard InChI is InChI=1S/C10H23N3O2S2/c1-6-8(9(11)16)17(14,15)12-7-10(2,3)13(4)5/h8,12H,6-7H2,1-5H3,(H2,11,16). The molecule has 0 aliphatic heterocycles. The number of sulfonamides is 1. The first kappa shape index (κ1) is 16.8. The summed E-state index contributed by atoms with van der Waals surface area (Å²) in [5.74, 6) is 0. The molecule has 7 heteroatoms. The normalized spacial score (nSPS) is 14.9. The van der Waals surface area contributed by atoms with E-state index >= 15 is 0 Å². The van der Waals surface area contributed by atoms with Gasteiger partial charge >= 0.3 is 0 Å². The highest BCUT2D eigenvalue weighted by atomic mass is 32.2. The highest BCUT2D eigenvalue weighted by Gasteiger charge is 2.29. The van der Waals surface area contributed by atoms with Crippen LogP contribution in [0, 0.1) is 0 Å². The Bertz CT molecular complexity index is 364. The maximum atomic E-state index is 12.0. The quantitative estimate of drug-likeness (QED) is 0.657. The van der Waals surface area contributed by atoms with Crippen molar-refractivity contribution in [2.45, 2.75) is 38.0 Å².